The zero-order chi connectivity index (χ0) is 11.7. The Morgan fingerprint density at radius 1 is 1.20 bits per heavy atom. The van der Waals surface area contributed by atoms with Crippen molar-refractivity contribution in [2.45, 2.75) is 26.2 Å². The van der Waals surface area contributed by atoms with Crippen molar-refractivity contribution < 1.29 is 18.3 Å². The largest absolute Gasteiger partial charge is 0.505 e. The molecule has 0 aliphatic carbocycles. The summed E-state index contributed by atoms with van der Waals surface area (Å²) in [5.74, 6) is -6.05. The molecule has 0 saturated carbocycles. The second kappa shape index (κ2) is 4.31. The predicted molar refractivity (Wildman–Crippen MR) is 51.7 cm³/mol. The number of halogens is 4. The fourth-order valence-electron chi connectivity index (χ4n) is 1.29. The molecule has 84 valence electrons. The van der Waals surface area contributed by atoms with E-state index in [1.165, 1.54) is 0 Å². The molecule has 5 heteroatoms. The van der Waals surface area contributed by atoms with Gasteiger partial charge in [-0.15, -0.1) is 0 Å². The van der Waals surface area contributed by atoms with E-state index in [1.807, 2.05) is 0 Å². The normalized spacial score (nSPS) is 12.9. The zero-order valence-electron chi connectivity index (χ0n) is 8.24. The van der Waals surface area contributed by atoms with Gasteiger partial charge in [-0.25, -0.2) is 8.78 Å². The third kappa shape index (κ3) is 1.91. The molecular formula is C10H10ClF3O. The lowest BCUT2D eigenvalue weighted by Crippen LogP contribution is -2.02. The number of benzene rings is 1. The van der Waals surface area contributed by atoms with Gasteiger partial charge in [0, 0.05) is 5.56 Å². The van der Waals surface area contributed by atoms with Crippen LogP contribution in [0.3, 0.4) is 0 Å². The van der Waals surface area contributed by atoms with Crippen molar-refractivity contribution in [2.24, 2.45) is 0 Å². The number of phenols is 1. The summed E-state index contributed by atoms with van der Waals surface area (Å²) in [6, 6.07) is 0. The van der Waals surface area contributed by atoms with Gasteiger partial charge in [-0.1, -0.05) is 25.4 Å². The number of phenolic OH excluding ortho intramolecular Hbond substituents is 1. The van der Waals surface area contributed by atoms with Crippen LogP contribution in [0.2, 0.25) is 5.02 Å². The molecule has 15 heavy (non-hydrogen) atoms. The molecule has 0 bridgehead atoms. The highest BCUT2D eigenvalue weighted by molar-refractivity contribution is 6.31. The fraction of sp³-hybridized carbons (Fsp3) is 0.400. The van der Waals surface area contributed by atoms with Crippen LogP contribution in [-0.4, -0.2) is 5.11 Å². The molecule has 0 aliphatic rings. The van der Waals surface area contributed by atoms with E-state index >= 15 is 0 Å². The summed E-state index contributed by atoms with van der Waals surface area (Å²) in [5, 5.41) is 8.76. The second-order valence-electron chi connectivity index (χ2n) is 3.33. The molecule has 1 aromatic rings. The van der Waals surface area contributed by atoms with Crippen molar-refractivity contribution in [3.05, 3.63) is 28.0 Å². The average molecular weight is 239 g/mol. The first-order valence-electron chi connectivity index (χ1n) is 4.46. The first kappa shape index (κ1) is 12.2. The molecule has 0 fully saturated rings. The number of hydrogen-bond acceptors (Lipinski definition) is 1. The highest BCUT2D eigenvalue weighted by atomic mass is 35.5. The lowest BCUT2D eigenvalue weighted by molar-refractivity contribution is 0.378. The van der Waals surface area contributed by atoms with Gasteiger partial charge in [0.25, 0.3) is 0 Å². The zero-order valence-corrected chi connectivity index (χ0v) is 9.00. The highest BCUT2D eigenvalue weighted by Crippen LogP contribution is 2.39. The van der Waals surface area contributed by atoms with E-state index < -0.39 is 28.2 Å². The van der Waals surface area contributed by atoms with Crippen molar-refractivity contribution in [3.8, 4) is 5.75 Å². The number of rotatable bonds is 2. The minimum atomic E-state index is -1.75. The van der Waals surface area contributed by atoms with Crippen LogP contribution in [0.15, 0.2) is 0 Å². The van der Waals surface area contributed by atoms with Gasteiger partial charge in [0.15, 0.2) is 17.4 Å². The highest BCUT2D eigenvalue weighted by Gasteiger charge is 2.25. The molecule has 1 atom stereocenters. The van der Waals surface area contributed by atoms with Crippen molar-refractivity contribution >= 4 is 11.6 Å². The van der Waals surface area contributed by atoms with Crippen LogP contribution in [0.1, 0.15) is 31.7 Å². The monoisotopic (exact) mass is 238 g/mol. The topological polar surface area (TPSA) is 20.2 Å². The maximum absolute atomic E-state index is 13.1. The van der Waals surface area contributed by atoms with Crippen molar-refractivity contribution in [1.82, 2.24) is 0 Å². The molecular weight excluding hydrogens is 229 g/mol. The Morgan fingerprint density at radius 3 is 2.20 bits per heavy atom. The Morgan fingerprint density at radius 2 is 1.73 bits per heavy atom. The van der Waals surface area contributed by atoms with E-state index in [2.05, 4.69) is 0 Å². The average Bonchev–Trinajstić information content (AvgIpc) is 2.23. The molecule has 0 saturated heterocycles. The minimum absolute atomic E-state index is 0.0874. The van der Waals surface area contributed by atoms with E-state index in [1.54, 1.807) is 13.8 Å². The minimum Gasteiger partial charge on any atom is -0.505 e. The van der Waals surface area contributed by atoms with E-state index in [9.17, 15) is 18.3 Å². The Kier molecular flexibility index (Phi) is 3.50. The third-order valence-corrected chi connectivity index (χ3v) is 2.75. The summed E-state index contributed by atoms with van der Waals surface area (Å²) >= 11 is 5.51. The van der Waals surface area contributed by atoms with Gasteiger partial charge in [0.2, 0.25) is 5.82 Å². The molecule has 0 heterocycles. The Hall–Kier alpha value is -0.900. The van der Waals surface area contributed by atoms with E-state index in [4.69, 9.17) is 11.6 Å². The second-order valence-corrected chi connectivity index (χ2v) is 3.71. The standard InChI is InChI=1S/C10H10ClF3O/c1-3-4(2)5-6(11)7(12)8(13)9(14)10(5)15/h4,15H,3H2,1-2H3. The van der Waals surface area contributed by atoms with Crippen LogP contribution in [-0.2, 0) is 0 Å². The summed E-state index contributed by atoms with van der Waals surface area (Å²) in [7, 11) is 0. The maximum atomic E-state index is 13.1. The van der Waals surface area contributed by atoms with Crippen molar-refractivity contribution in [1.29, 1.82) is 0 Å². The van der Waals surface area contributed by atoms with E-state index in [0.29, 0.717) is 6.42 Å². The Bertz CT molecular complexity index is 364. The van der Waals surface area contributed by atoms with Gasteiger partial charge in [0.1, 0.15) is 0 Å². The lowest BCUT2D eigenvalue weighted by Gasteiger charge is -2.14. The van der Waals surface area contributed by atoms with Crippen LogP contribution in [0, 0.1) is 17.5 Å². The van der Waals surface area contributed by atoms with Gasteiger partial charge in [0.05, 0.1) is 5.02 Å². The molecule has 0 radical (unpaired) electrons. The molecule has 0 amide bonds. The fourth-order valence-corrected chi connectivity index (χ4v) is 1.65. The van der Waals surface area contributed by atoms with Crippen LogP contribution < -0.4 is 0 Å². The summed E-state index contributed by atoms with van der Waals surface area (Å²) in [4.78, 5) is 0. The van der Waals surface area contributed by atoms with Crippen molar-refractivity contribution in [2.75, 3.05) is 0 Å². The summed E-state index contributed by atoms with van der Waals surface area (Å²) in [6.45, 7) is 3.40. The van der Waals surface area contributed by atoms with E-state index in [-0.39, 0.29) is 11.5 Å². The van der Waals surface area contributed by atoms with Gasteiger partial charge in [-0.2, -0.15) is 4.39 Å². The lowest BCUT2D eigenvalue weighted by atomic mass is 9.97. The van der Waals surface area contributed by atoms with Crippen LogP contribution in [0.5, 0.6) is 5.75 Å². The van der Waals surface area contributed by atoms with Gasteiger partial charge in [-0.05, 0) is 12.3 Å². The number of aromatic hydroxyl groups is 1. The summed E-state index contributed by atoms with van der Waals surface area (Å²) < 4.78 is 38.9. The van der Waals surface area contributed by atoms with Crippen LogP contribution >= 0.6 is 11.6 Å². The van der Waals surface area contributed by atoms with Gasteiger partial charge in [-0.3, -0.25) is 0 Å². The first-order chi connectivity index (χ1) is 6.91. The Labute approximate surface area is 90.5 Å². The summed E-state index contributed by atoms with van der Waals surface area (Å²) in [5.41, 5.74) is -0.0874. The predicted octanol–water partition coefficient (Wildman–Crippen LogP) is 3.98. The maximum Gasteiger partial charge on any atom is 0.203 e. The smallest absolute Gasteiger partial charge is 0.203 e. The number of hydrogen-bond donors (Lipinski definition) is 1. The molecule has 0 aromatic heterocycles. The molecule has 1 N–H and O–H groups in total. The first-order valence-corrected chi connectivity index (χ1v) is 4.84. The molecule has 1 nitrogen and oxygen atoms in total. The third-order valence-electron chi connectivity index (χ3n) is 2.38. The SMILES string of the molecule is CCC(C)c1c(O)c(F)c(F)c(F)c1Cl. The van der Waals surface area contributed by atoms with Crippen LogP contribution in [0.25, 0.3) is 0 Å². The molecule has 1 unspecified atom stereocenters. The van der Waals surface area contributed by atoms with Crippen LogP contribution in [0.4, 0.5) is 13.2 Å². The Balaban J connectivity index is 3.52. The molecule has 0 aliphatic heterocycles. The molecule has 1 aromatic carbocycles. The molecule has 1 rings (SSSR count). The molecule has 0 spiro atoms. The van der Waals surface area contributed by atoms with Crippen molar-refractivity contribution in [3.63, 3.8) is 0 Å². The van der Waals surface area contributed by atoms with E-state index in [0.717, 1.165) is 0 Å². The quantitative estimate of drug-likeness (QED) is 0.610. The van der Waals surface area contributed by atoms with Gasteiger partial charge < -0.3 is 5.11 Å². The van der Waals surface area contributed by atoms with Gasteiger partial charge >= 0.3 is 0 Å². The summed E-state index contributed by atoms with van der Waals surface area (Å²) in [6.07, 6.45) is 0.526.